The molecular formula is C18H21N3OS. The van der Waals surface area contributed by atoms with E-state index >= 15 is 0 Å². The molecule has 4 nitrogen and oxygen atoms in total. The quantitative estimate of drug-likeness (QED) is 0.844. The second-order valence-corrected chi connectivity index (χ2v) is 6.85. The molecule has 1 aromatic heterocycles. The zero-order valence-corrected chi connectivity index (χ0v) is 14.2. The number of piperidine rings is 1. The summed E-state index contributed by atoms with van der Waals surface area (Å²) in [6, 6.07) is 9.58. The third-order valence-corrected chi connectivity index (χ3v) is 5.30. The second kappa shape index (κ2) is 7.58. The molecule has 2 aromatic rings. The molecule has 0 amide bonds. The third kappa shape index (κ3) is 4.31. The first kappa shape index (κ1) is 16.0. The van der Waals surface area contributed by atoms with Crippen molar-refractivity contribution in [2.75, 3.05) is 19.6 Å². The van der Waals surface area contributed by atoms with Gasteiger partial charge in [0, 0.05) is 24.5 Å². The Morgan fingerprint density at radius 2 is 2.22 bits per heavy atom. The zero-order valence-electron chi connectivity index (χ0n) is 13.4. The lowest BCUT2D eigenvalue weighted by Gasteiger charge is -2.32. The Kier molecular flexibility index (Phi) is 5.27. The number of hydrogen-bond donors (Lipinski definition) is 0. The van der Waals surface area contributed by atoms with Gasteiger partial charge in [-0.1, -0.05) is 6.07 Å². The fraction of sp³-hybridized carbons (Fsp3) is 0.444. The summed E-state index contributed by atoms with van der Waals surface area (Å²) in [4.78, 5) is 8.21. The standard InChI is InChI=1S/C18H21N3OS/c1-14-18(23-13-20-14)7-10-21-8-5-16(6-9-21)22-17-4-2-3-15(11-17)12-19/h2-4,11,13,16H,5-10H2,1H3. The largest absolute Gasteiger partial charge is 0.490 e. The molecule has 0 spiro atoms. The molecule has 1 aromatic carbocycles. The van der Waals surface area contributed by atoms with E-state index in [2.05, 4.69) is 22.9 Å². The van der Waals surface area contributed by atoms with Gasteiger partial charge in [0.05, 0.1) is 22.8 Å². The van der Waals surface area contributed by atoms with Crippen molar-refractivity contribution in [2.45, 2.75) is 32.3 Å². The first-order valence-electron chi connectivity index (χ1n) is 8.03. The molecule has 1 aliphatic rings. The average molecular weight is 327 g/mol. The first-order valence-corrected chi connectivity index (χ1v) is 8.90. The highest BCUT2D eigenvalue weighted by Crippen LogP contribution is 2.21. The van der Waals surface area contributed by atoms with Gasteiger partial charge in [0.25, 0.3) is 0 Å². The van der Waals surface area contributed by atoms with Gasteiger partial charge >= 0.3 is 0 Å². The maximum Gasteiger partial charge on any atom is 0.121 e. The molecule has 23 heavy (non-hydrogen) atoms. The Labute approximate surface area is 141 Å². The van der Waals surface area contributed by atoms with E-state index in [1.54, 1.807) is 17.4 Å². The summed E-state index contributed by atoms with van der Waals surface area (Å²) >= 11 is 1.76. The van der Waals surface area contributed by atoms with Crippen LogP contribution in [0.1, 0.15) is 29.0 Å². The first-order chi connectivity index (χ1) is 11.2. The van der Waals surface area contributed by atoms with E-state index in [1.165, 1.54) is 10.6 Å². The number of nitrogens with zero attached hydrogens (tertiary/aromatic N) is 3. The lowest BCUT2D eigenvalue weighted by atomic mass is 10.1. The number of hydrogen-bond acceptors (Lipinski definition) is 5. The van der Waals surface area contributed by atoms with E-state index in [9.17, 15) is 0 Å². The van der Waals surface area contributed by atoms with Gasteiger partial charge in [-0.25, -0.2) is 4.98 Å². The third-order valence-electron chi connectivity index (χ3n) is 4.30. The Balaban J connectivity index is 1.45. The molecule has 0 aliphatic carbocycles. The number of thiazole rings is 1. The highest BCUT2D eigenvalue weighted by molar-refractivity contribution is 7.09. The molecule has 0 N–H and O–H groups in total. The average Bonchev–Trinajstić information content (AvgIpc) is 2.99. The summed E-state index contributed by atoms with van der Waals surface area (Å²) in [6.07, 6.45) is 3.42. The highest BCUT2D eigenvalue weighted by Gasteiger charge is 2.20. The normalized spacial score (nSPS) is 16.2. The van der Waals surface area contributed by atoms with Crippen LogP contribution in [0.3, 0.4) is 0 Å². The molecule has 1 aliphatic heterocycles. The van der Waals surface area contributed by atoms with Crippen LogP contribution in [-0.4, -0.2) is 35.6 Å². The van der Waals surface area contributed by atoms with E-state index in [0.717, 1.165) is 44.6 Å². The fourth-order valence-electron chi connectivity index (χ4n) is 2.91. The zero-order chi connectivity index (χ0) is 16.1. The molecule has 0 bridgehead atoms. The molecule has 3 rings (SSSR count). The number of benzene rings is 1. The van der Waals surface area contributed by atoms with Crippen molar-refractivity contribution in [2.24, 2.45) is 0 Å². The number of rotatable bonds is 5. The van der Waals surface area contributed by atoms with Crippen LogP contribution in [-0.2, 0) is 6.42 Å². The predicted molar refractivity (Wildman–Crippen MR) is 91.8 cm³/mol. The molecule has 0 atom stereocenters. The molecule has 0 saturated carbocycles. The minimum absolute atomic E-state index is 0.255. The molecule has 1 saturated heterocycles. The van der Waals surface area contributed by atoms with Gasteiger partial charge in [0.15, 0.2) is 0 Å². The fourth-order valence-corrected chi connectivity index (χ4v) is 3.68. The van der Waals surface area contributed by atoms with Crippen molar-refractivity contribution < 1.29 is 4.74 Å². The van der Waals surface area contributed by atoms with Gasteiger partial charge in [-0.3, -0.25) is 0 Å². The van der Waals surface area contributed by atoms with Crippen LogP contribution in [0.15, 0.2) is 29.8 Å². The van der Waals surface area contributed by atoms with Crippen LogP contribution in [0.5, 0.6) is 5.75 Å². The van der Waals surface area contributed by atoms with E-state index in [1.807, 2.05) is 23.7 Å². The van der Waals surface area contributed by atoms with E-state index in [0.29, 0.717) is 5.56 Å². The molecule has 5 heteroatoms. The van der Waals surface area contributed by atoms with Crippen molar-refractivity contribution in [3.63, 3.8) is 0 Å². The molecule has 1 fully saturated rings. The Morgan fingerprint density at radius 3 is 2.91 bits per heavy atom. The summed E-state index contributed by atoms with van der Waals surface area (Å²) in [7, 11) is 0. The minimum Gasteiger partial charge on any atom is -0.490 e. The van der Waals surface area contributed by atoms with Gasteiger partial charge in [-0.2, -0.15) is 5.26 Å². The van der Waals surface area contributed by atoms with Gasteiger partial charge in [0.1, 0.15) is 11.9 Å². The molecule has 2 heterocycles. The summed E-state index contributed by atoms with van der Waals surface area (Å²) in [5.74, 6) is 0.808. The lowest BCUT2D eigenvalue weighted by molar-refractivity contribution is 0.101. The predicted octanol–water partition coefficient (Wildman–Crippen LogP) is 3.41. The van der Waals surface area contributed by atoms with Crippen molar-refractivity contribution in [1.29, 1.82) is 5.26 Å². The van der Waals surface area contributed by atoms with Crippen LogP contribution in [0.2, 0.25) is 0 Å². The number of ether oxygens (including phenoxy) is 1. The van der Waals surface area contributed by atoms with Crippen LogP contribution < -0.4 is 4.74 Å². The molecule has 0 radical (unpaired) electrons. The van der Waals surface area contributed by atoms with E-state index < -0.39 is 0 Å². The van der Waals surface area contributed by atoms with E-state index in [4.69, 9.17) is 10.00 Å². The highest BCUT2D eigenvalue weighted by atomic mass is 32.1. The number of likely N-dealkylation sites (tertiary alicyclic amines) is 1. The van der Waals surface area contributed by atoms with Crippen LogP contribution in [0, 0.1) is 18.3 Å². The summed E-state index contributed by atoms with van der Waals surface area (Å²) in [6.45, 7) is 5.32. The summed E-state index contributed by atoms with van der Waals surface area (Å²) < 4.78 is 6.03. The van der Waals surface area contributed by atoms with E-state index in [-0.39, 0.29) is 6.10 Å². The Hall–Kier alpha value is -1.90. The van der Waals surface area contributed by atoms with Crippen molar-refractivity contribution in [3.05, 3.63) is 45.9 Å². The number of aromatic nitrogens is 1. The minimum atomic E-state index is 0.255. The second-order valence-electron chi connectivity index (χ2n) is 5.91. The van der Waals surface area contributed by atoms with Gasteiger partial charge in [0.2, 0.25) is 0 Å². The van der Waals surface area contributed by atoms with Gasteiger partial charge in [-0.05, 0) is 44.4 Å². The number of nitriles is 1. The summed E-state index contributed by atoms with van der Waals surface area (Å²) in [5.41, 5.74) is 3.76. The maximum absolute atomic E-state index is 8.94. The Bertz CT molecular complexity index is 684. The lowest BCUT2D eigenvalue weighted by Crippen LogP contribution is -2.39. The smallest absolute Gasteiger partial charge is 0.121 e. The van der Waals surface area contributed by atoms with Crippen LogP contribution >= 0.6 is 11.3 Å². The van der Waals surface area contributed by atoms with Crippen LogP contribution in [0.4, 0.5) is 0 Å². The molecular weight excluding hydrogens is 306 g/mol. The SMILES string of the molecule is Cc1ncsc1CCN1CCC(Oc2cccc(C#N)c2)CC1. The van der Waals surface area contributed by atoms with Crippen molar-refractivity contribution in [1.82, 2.24) is 9.88 Å². The topological polar surface area (TPSA) is 49.2 Å². The summed E-state index contributed by atoms with van der Waals surface area (Å²) in [5, 5.41) is 8.94. The van der Waals surface area contributed by atoms with Gasteiger partial charge in [-0.15, -0.1) is 11.3 Å². The van der Waals surface area contributed by atoms with Crippen LogP contribution in [0.25, 0.3) is 0 Å². The number of aryl methyl sites for hydroxylation is 1. The van der Waals surface area contributed by atoms with Crippen molar-refractivity contribution in [3.8, 4) is 11.8 Å². The molecule has 120 valence electrons. The molecule has 0 unspecified atom stereocenters. The maximum atomic E-state index is 8.94. The monoisotopic (exact) mass is 327 g/mol. The van der Waals surface area contributed by atoms with Gasteiger partial charge < -0.3 is 9.64 Å². The van der Waals surface area contributed by atoms with Crippen molar-refractivity contribution >= 4 is 11.3 Å². The Morgan fingerprint density at radius 1 is 1.39 bits per heavy atom.